The first-order chi connectivity index (χ1) is 9.54. The summed E-state index contributed by atoms with van der Waals surface area (Å²) in [5.41, 5.74) is 1.07. The van der Waals surface area contributed by atoms with Gasteiger partial charge in [0.1, 0.15) is 0 Å². The summed E-state index contributed by atoms with van der Waals surface area (Å²) in [6, 6.07) is 1.95. The summed E-state index contributed by atoms with van der Waals surface area (Å²) in [6.45, 7) is 0.571. The second kappa shape index (κ2) is 6.69. The zero-order valence-electron chi connectivity index (χ0n) is 11.4. The largest absolute Gasteiger partial charge is 0.469 e. The number of hydrogen-bond acceptors (Lipinski definition) is 5. The van der Waals surface area contributed by atoms with Crippen molar-refractivity contribution in [3.05, 3.63) is 22.4 Å². The first-order valence-corrected chi connectivity index (χ1v) is 9.18. The number of carbonyl (C=O) groups excluding carboxylic acids is 1. The number of hydrogen-bond donors (Lipinski definition) is 0. The molecule has 1 saturated heterocycles. The molecular weight excluding hydrogens is 298 g/mol. The molecule has 20 heavy (non-hydrogen) atoms. The highest BCUT2D eigenvalue weighted by atomic mass is 32.2. The van der Waals surface area contributed by atoms with E-state index < -0.39 is 10.0 Å². The van der Waals surface area contributed by atoms with Gasteiger partial charge in [0.15, 0.2) is 0 Å². The minimum absolute atomic E-state index is 0.00272. The number of sulfonamides is 1. The van der Waals surface area contributed by atoms with Gasteiger partial charge in [0.05, 0.1) is 18.9 Å². The Morgan fingerprint density at radius 3 is 3.00 bits per heavy atom. The van der Waals surface area contributed by atoms with Crippen LogP contribution in [0.15, 0.2) is 16.8 Å². The molecule has 0 aliphatic carbocycles. The third kappa shape index (κ3) is 3.59. The van der Waals surface area contributed by atoms with Crippen LogP contribution in [0.1, 0.15) is 37.3 Å². The molecule has 1 atom stereocenters. The minimum Gasteiger partial charge on any atom is -0.469 e. The molecule has 0 aromatic carbocycles. The van der Waals surface area contributed by atoms with Gasteiger partial charge >= 0.3 is 5.97 Å². The predicted molar refractivity (Wildman–Crippen MR) is 78.0 cm³/mol. The lowest BCUT2D eigenvalue weighted by atomic mass is 10.1. The molecule has 1 fully saturated rings. The van der Waals surface area contributed by atoms with Crippen molar-refractivity contribution in [1.82, 2.24) is 4.31 Å². The fourth-order valence-corrected chi connectivity index (χ4v) is 4.96. The van der Waals surface area contributed by atoms with E-state index in [9.17, 15) is 13.2 Å². The zero-order chi connectivity index (χ0) is 14.6. The molecule has 1 aliphatic heterocycles. The van der Waals surface area contributed by atoms with Crippen molar-refractivity contribution >= 4 is 27.3 Å². The molecule has 0 N–H and O–H groups in total. The minimum atomic E-state index is -3.31. The summed E-state index contributed by atoms with van der Waals surface area (Å²) in [5.74, 6) is -0.362. The van der Waals surface area contributed by atoms with Gasteiger partial charge in [0.2, 0.25) is 10.0 Å². The van der Waals surface area contributed by atoms with Crippen LogP contribution in [-0.2, 0) is 19.6 Å². The van der Waals surface area contributed by atoms with Crippen molar-refractivity contribution in [2.75, 3.05) is 19.4 Å². The molecule has 0 spiro atoms. The Morgan fingerprint density at radius 2 is 2.35 bits per heavy atom. The summed E-state index contributed by atoms with van der Waals surface area (Å²) >= 11 is 1.58. The van der Waals surface area contributed by atoms with E-state index in [1.165, 1.54) is 7.11 Å². The van der Waals surface area contributed by atoms with Crippen LogP contribution >= 0.6 is 11.3 Å². The summed E-state index contributed by atoms with van der Waals surface area (Å²) in [5, 5.41) is 3.97. The molecule has 0 radical (unpaired) electrons. The van der Waals surface area contributed by atoms with Crippen molar-refractivity contribution in [3.63, 3.8) is 0 Å². The van der Waals surface area contributed by atoms with E-state index in [2.05, 4.69) is 4.74 Å². The van der Waals surface area contributed by atoms with Gasteiger partial charge in [-0.05, 0) is 41.7 Å². The van der Waals surface area contributed by atoms with Crippen molar-refractivity contribution in [1.29, 1.82) is 0 Å². The van der Waals surface area contributed by atoms with Gasteiger partial charge in [-0.3, -0.25) is 4.79 Å². The van der Waals surface area contributed by atoms with Crippen LogP contribution in [0.25, 0.3) is 0 Å². The molecule has 1 aromatic heterocycles. The molecule has 2 rings (SSSR count). The van der Waals surface area contributed by atoms with Crippen molar-refractivity contribution in [2.24, 2.45) is 0 Å². The van der Waals surface area contributed by atoms with E-state index in [4.69, 9.17) is 0 Å². The number of carbonyl (C=O) groups is 1. The second-order valence-electron chi connectivity index (χ2n) is 4.82. The number of esters is 1. The van der Waals surface area contributed by atoms with E-state index in [1.807, 2.05) is 16.8 Å². The Morgan fingerprint density at radius 1 is 1.55 bits per heavy atom. The van der Waals surface area contributed by atoms with Gasteiger partial charge in [-0.1, -0.05) is 0 Å². The molecule has 2 heterocycles. The van der Waals surface area contributed by atoms with Gasteiger partial charge in [-0.25, -0.2) is 8.42 Å². The molecule has 0 bridgehead atoms. The fourth-order valence-electron chi connectivity index (χ4n) is 2.49. The number of rotatable bonds is 6. The van der Waals surface area contributed by atoms with Crippen LogP contribution in [0.3, 0.4) is 0 Å². The lowest BCUT2D eigenvalue weighted by molar-refractivity contribution is -0.140. The van der Waals surface area contributed by atoms with E-state index >= 15 is 0 Å². The van der Waals surface area contributed by atoms with Gasteiger partial charge in [-0.2, -0.15) is 15.6 Å². The van der Waals surface area contributed by atoms with Gasteiger partial charge in [0, 0.05) is 13.0 Å². The third-order valence-electron chi connectivity index (χ3n) is 3.50. The van der Waals surface area contributed by atoms with Gasteiger partial charge in [0.25, 0.3) is 0 Å². The third-order valence-corrected chi connectivity index (χ3v) is 6.16. The quantitative estimate of drug-likeness (QED) is 0.754. The first-order valence-electron chi connectivity index (χ1n) is 6.63. The van der Waals surface area contributed by atoms with E-state index in [-0.39, 0.29) is 24.2 Å². The maximum Gasteiger partial charge on any atom is 0.305 e. The summed E-state index contributed by atoms with van der Waals surface area (Å²) < 4.78 is 30.9. The van der Waals surface area contributed by atoms with E-state index in [0.29, 0.717) is 13.0 Å². The van der Waals surface area contributed by atoms with Crippen molar-refractivity contribution in [3.8, 4) is 0 Å². The Hall–Kier alpha value is -0.920. The Labute approximate surface area is 123 Å². The lowest BCUT2D eigenvalue weighted by Gasteiger charge is -2.23. The lowest BCUT2D eigenvalue weighted by Crippen LogP contribution is -2.32. The van der Waals surface area contributed by atoms with Crippen molar-refractivity contribution < 1.29 is 17.9 Å². The molecule has 1 aliphatic rings. The summed E-state index contributed by atoms with van der Waals surface area (Å²) in [7, 11) is -2.00. The van der Waals surface area contributed by atoms with Crippen LogP contribution in [0.2, 0.25) is 0 Å². The highest BCUT2D eigenvalue weighted by molar-refractivity contribution is 7.89. The number of methoxy groups -OCH3 is 1. The monoisotopic (exact) mass is 317 g/mol. The Balaban J connectivity index is 1.99. The van der Waals surface area contributed by atoms with Crippen LogP contribution in [0, 0.1) is 0 Å². The Bertz CT molecular complexity index is 539. The van der Waals surface area contributed by atoms with Gasteiger partial charge in [-0.15, -0.1) is 0 Å². The topological polar surface area (TPSA) is 63.7 Å². The van der Waals surface area contributed by atoms with Gasteiger partial charge < -0.3 is 4.74 Å². The Kier molecular flexibility index (Phi) is 5.17. The molecule has 112 valence electrons. The standard InChI is InChI=1S/C13H19NO4S2/c1-18-13(15)5-3-9-20(16,17)14-7-2-4-12(14)11-6-8-19-10-11/h6,8,10,12H,2-5,7,9H2,1H3. The van der Waals surface area contributed by atoms with Crippen LogP contribution in [0.4, 0.5) is 0 Å². The molecular formula is C13H19NO4S2. The van der Waals surface area contributed by atoms with E-state index in [1.54, 1.807) is 15.6 Å². The average Bonchev–Trinajstić information content (AvgIpc) is 3.08. The normalized spacial score (nSPS) is 20.1. The molecule has 1 unspecified atom stereocenters. The smallest absolute Gasteiger partial charge is 0.305 e. The highest BCUT2D eigenvalue weighted by Crippen LogP contribution is 2.35. The highest BCUT2D eigenvalue weighted by Gasteiger charge is 2.34. The number of ether oxygens (including phenoxy) is 1. The average molecular weight is 317 g/mol. The number of thiophene rings is 1. The van der Waals surface area contributed by atoms with E-state index in [0.717, 1.165) is 18.4 Å². The number of nitrogens with zero attached hydrogens (tertiary/aromatic N) is 1. The van der Waals surface area contributed by atoms with Crippen LogP contribution < -0.4 is 0 Å². The van der Waals surface area contributed by atoms with Crippen LogP contribution in [-0.4, -0.2) is 38.1 Å². The van der Waals surface area contributed by atoms with Crippen molar-refractivity contribution in [2.45, 2.75) is 31.7 Å². The fraction of sp³-hybridized carbons (Fsp3) is 0.615. The maximum absolute atomic E-state index is 12.4. The second-order valence-corrected chi connectivity index (χ2v) is 7.64. The SMILES string of the molecule is COC(=O)CCCS(=O)(=O)N1CCCC1c1ccsc1. The zero-order valence-corrected chi connectivity index (χ0v) is 13.1. The predicted octanol–water partition coefficient (Wildman–Crippen LogP) is 2.17. The maximum atomic E-state index is 12.4. The molecule has 0 saturated carbocycles. The molecule has 0 amide bonds. The summed E-state index contributed by atoms with van der Waals surface area (Å²) in [4.78, 5) is 11.0. The molecule has 5 nitrogen and oxygen atoms in total. The summed E-state index contributed by atoms with van der Waals surface area (Å²) in [6.07, 6.45) is 2.21. The first kappa shape index (κ1) is 15.5. The molecule has 7 heteroatoms. The van der Waals surface area contributed by atoms with Crippen LogP contribution in [0.5, 0.6) is 0 Å². The molecule has 1 aromatic rings.